The van der Waals surface area contributed by atoms with Crippen LogP contribution < -0.4 is 0 Å². The molecule has 0 nitrogen and oxygen atoms in total. The lowest BCUT2D eigenvalue weighted by Crippen LogP contribution is -2.29. The van der Waals surface area contributed by atoms with Gasteiger partial charge >= 0.3 is 0 Å². The highest BCUT2D eigenvalue weighted by Crippen LogP contribution is 2.49. The highest BCUT2D eigenvalue weighted by molar-refractivity contribution is 4.87. The zero-order chi connectivity index (χ0) is 12.7. The van der Waals surface area contributed by atoms with E-state index in [9.17, 15) is 0 Å². The van der Waals surface area contributed by atoms with Crippen molar-refractivity contribution in [3.05, 3.63) is 0 Å². The van der Waals surface area contributed by atoms with Crippen molar-refractivity contribution in [2.45, 2.75) is 103 Å². The zero-order valence-corrected chi connectivity index (χ0v) is 12.7. The Bertz CT molecular complexity index is 202. The fourth-order valence-electron chi connectivity index (χ4n) is 4.42. The zero-order valence-electron chi connectivity index (χ0n) is 12.7. The lowest BCUT2D eigenvalue weighted by molar-refractivity contribution is 0.0936. The lowest BCUT2D eigenvalue weighted by Gasteiger charge is -2.43. The summed E-state index contributed by atoms with van der Waals surface area (Å²) in [6, 6.07) is 0. The highest BCUT2D eigenvalue weighted by Gasteiger charge is 2.35. The second kappa shape index (κ2) is 7.56. The second-order valence-corrected chi connectivity index (χ2v) is 7.21. The van der Waals surface area contributed by atoms with Gasteiger partial charge in [-0.15, -0.1) is 0 Å². The molecule has 2 saturated carbocycles. The summed E-state index contributed by atoms with van der Waals surface area (Å²) >= 11 is 0. The fraction of sp³-hybridized carbons (Fsp3) is 1.00. The monoisotopic (exact) mass is 250 g/mol. The van der Waals surface area contributed by atoms with Crippen LogP contribution in [0, 0.1) is 11.3 Å². The molecule has 0 aromatic carbocycles. The first-order valence-electron chi connectivity index (χ1n) is 8.85. The van der Waals surface area contributed by atoms with Crippen LogP contribution >= 0.6 is 0 Å². The fourth-order valence-corrected chi connectivity index (χ4v) is 4.42. The largest absolute Gasteiger partial charge is 0.0654 e. The van der Waals surface area contributed by atoms with Crippen LogP contribution in [0.3, 0.4) is 0 Å². The van der Waals surface area contributed by atoms with Crippen molar-refractivity contribution < 1.29 is 0 Å². The number of hydrogen-bond donors (Lipinski definition) is 0. The van der Waals surface area contributed by atoms with E-state index in [-0.39, 0.29) is 0 Å². The van der Waals surface area contributed by atoms with Gasteiger partial charge in [-0.2, -0.15) is 0 Å². The van der Waals surface area contributed by atoms with Crippen molar-refractivity contribution in [2.24, 2.45) is 11.3 Å². The molecular weight excluding hydrogens is 216 g/mol. The molecule has 106 valence electrons. The van der Waals surface area contributed by atoms with Crippen molar-refractivity contribution in [1.82, 2.24) is 0 Å². The third-order valence-corrected chi connectivity index (χ3v) is 5.80. The Kier molecular flexibility index (Phi) is 6.05. The minimum absolute atomic E-state index is 0.830. The van der Waals surface area contributed by atoms with Crippen LogP contribution in [0.25, 0.3) is 0 Å². The molecule has 0 amide bonds. The van der Waals surface area contributed by atoms with Gasteiger partial charge in [-0.25, -0.2) is 0 Å². The molecule has 0 bridgehead atoms. The summed E-state index contributed by atoms with van der Waals surface area (Å²) in [5.41, 5.74) is 0.830. The Labute approximate surface area is 115 Å². The predicted octanol–water partition coefficient (Wildman–Crippen LogP) is 6.49. The van der Waals surface area contributed by atoms with Gasteiger partial charge in [-0.3, -0.25) is 0 Å². The summed E-state index contributed by atoms with van der Waals surface area (Å²) in [6.45, 7) is 2.31. The van der Waals surface area contributed by atoms with E-state index in [1.807, 2.05) is 0 Å². The predicted molar refractivity (Wildman–Crippen MR) is 80.9 cm³/mol. The Morgan fingerprint density at radius 2 is 1.44 bits per heavy atom. The summed E-state index contributed by atoms with van der Waals surface area (Å²) < 4.78 is 0. The molecule has 2 aliphatic carbocycles. The molecule has 0 saturated heterocycles. The maximum atomic E-state index is 2.31. The summed E-state index contributed by atoms with van der Waals surface area (Å²) in [5.74, 6) is 1.10. The van der Waals surface area contributed by atoms with E-state index in [1.165, 1.54) is 51.4 Å². The number of rotatable bonds is 6. The molecule has 1 spiro atoms. The van der Waals surface area contributed by atoms with Crippen molar-refractivity contribution in [1.29, 1.82) is 0 Å². The lowest BCUT2D eigenvalue weighted by atomic mass is 9.63. The van der Waals surface area contributed by atoms with E-state index in [0.717, 1.165) is 11.3 Å². The normalized spacial score (nSPS) is 24.5. The van der Waals surface area contributed by atoms with Crippen LogP contribution in [0.1, 0.15) is 103 Å². The van der Waals surface area contributed by atoms with E-state index >= 15 is 0 Å². The number of hydrogen-bond acceptors (Lipinski definition) is 0. The van der Waals surface area contributed by atoms with Crippen LogP contribution in [0.4, 0.5) is 0 Å². The van der Waals surface area contributed by atoms with Crippen molar-refractivity contribution in [3.8, 4) is 0 Å². The van der Waals surface area contributed by atoms with Gasteiger partial charge in [0.15, 0.2) is 0 Å². The van der Waals surface area contributed by atoms with Crippen LogP contribution in [0.5, 0.6) is 0 Å². The van der Waals surface area contributed by atoms with Crippen molar-refractivity contribution in [3.63, 3.8) is 0 Å². The van der Waals surface area contributed by atoms with E-state index < -0.39 is 0 Å². The van der Waals surface area contributed by atoms with Crippen LogP contribution in [-0.2, 0) is 0 Å². The first-order chi connectivity index (χ1) is 8.85. The first-order valence-corrected chi connectivity index (χ1v) is 8.85. The Morgan fingerprint density at radius 1 is 0.778 bits per heavy atom. The van der Waals surface area contributed by atoms with Crippen LogP contribution in [0.2, 0.25) is 0 Å². The topological polar surface area (TPSA) is 0 Å². The molecule has 0 atom stereocenters. The Balaban J connectivity index is 1.58. The number of unbranched alkanes of at least 4 members (excludes halogenated alkanes) is 4. The third kappa shape index (κ3) is 4.28. The molecule has 0 N–H and O–H groups in total. The van der Waals surface area contributed by atoms with Crippen LogP contribution in [0.15, 0.2) is 0 Å². The molecular formula is C18H34. The van der Waals surface area contributed by atoms with Gasteiger partial charge in [0.2, 0.25) is 0 Å². The average Bonchev–Trinajstić information content (AvgIpc) is 2.42. The standard InChI is InChI=1S/C18H34/c1-2-3-4-5-7-10-17-11-15-18(16-12-17)13-8-6-9-14-18/h17H,2-16H2,1H3. The summed E-state index contributed by atoms with van der Waals surface area (Å²) in [7, 11) is 0. The van der Waals surface area contributed by atoms with Gasteiger partial charge in [0, 0.05) is 0 Å². The summed E-state index contributed by atoms with van der Waals surface area (Å²) in [6.07, 6.45) is 22.8. The molecule has 2 fully saturated rings. The quantitative estimate of drug-likeness (QED) is 0.473. The molecule has 18 heavy (non-hydrogen) atoms. The maximum absolute atomic E-state index is 2.31. The molecule has 0 heterocycles. The minimum Gasteiger partial charge on any atom is -0.0654 e. The van der Waals surface area contributed by atoms with E-state index in [4.69, 9.17) is 0 Å². The Hall–Kier alpha value is 0. The molecule has 0 aromatic rings. The third-order valence-electron chi connectivity index (χ3n) is 5.80. The SMILES string of the molecule is CCCCCCCC1CCC2(CCCCC2)CC1. The van der Waals surface area contributed by atoms with Crippen molar-refractivity contribution >= 4 is 0 Å². The van der Waals surface area contributed by atoms with Gasteiger partial charge in [0.25, 0.3) is 0 Å². The molecule has 0 aromatic heterocycles. The average molecular weight is 250 g/mol. The Morgan fingerprint density at radius 3 is 2.11 bits per heavy atom. The molecule has 2 aliphatic rings. The second-order valence-electron chi connectivity index (χ2n) is 7.21. The van der Waals surface area contributed by atoms with Gasteiger partial charge in [0.05, 0.1) is 0 Å². The van der Waals surface area contributed by atoms with E-state index in [1.54, 1.807) is 44.9 Å². The van der Waals surface area contributed by atoms with Gasteiger partial charge < -0.3 is 0 Å². The molecule has 0 aliphatic heterocycles. The molecule has 0 radical (unpaired) electrons. The molecule has 2 rings (SSSR count). The first kappa shape index (κ1) is 14.4. The summed E-state index contributed by atoms with van der Waals surface area (Å²) in [4.78, 5) is 0. The van der Waals surface area contributed by atoms with Gasteiger partial charge in [-0.05, 0) is 49.9 Å². The minimum atomic E-state index is 0.830. The summed E-state index contributed by atoms with van der Waals surface area (Å²) in [5, 5.41) is 0. The smallest absolute Gasteiger partial charge is 0.0297 e. The molecule has 0 heteroatoms. The van der Waals surface area contributed by atoms with E-state index in [0.29, 0.717) is 0 Å². The van der Waals surface area contributed by atoms with Gasteiger partial charge in [-0.1, -0.05) is 64.7 Å². The molecule has 0 unspecified atom stereocenters. The highest BCUT2D eigenvalue weighted by atomic mass is 14.4. The maximum Gasteiger partial charge on any atom is -0.0297 e. The van der Waals surface area contributed by atoms with Gasteiger partial charge in [0.1, 0.15) is 0 Å². The van der Waals surface area contributed by atoms with Crippen molar-refractivity contribution in [2.75, 3.05) is 0 Å². The van der Waals surface area contributed by atoms with Crippen LogP contribution in [-0.4, -0.2) is 0 Å². The van der Waals surface area contributed by atoms with E-state index in [2.05, 4.69) is 6.92 Å².